The molecule has 0 bridgehead atoms. The van der Waals surface area contributed by atoms with Crippen LogP contribution in [0.3, 0.4) is 0 Å². The molecule has 0 radical (unpaired) electrons. The molecule has 2 aromatic carbocycles. The molecule has 0 unspecified atom stereocenters. The van der Waals surface area contributed by atoms with E-state index in [1.165, 1.54) is 29.2 Å². The van der Waals surface area contributed by atoms with Crippen LogP contribution < -0.4 is 10.1 Å². The molecule has 2 nitrogen and oxygen atoms in total. The highest BCUT2D eigenvalue weighted by Gasteiger charge is 2.17. The van der Waals surface area contributed by atoms with Crippen LogP contribution in [0.15, 0.2) is 36.4 Å². The van der Waals surface area contributed by atoms with Crippen molar-refractivity contribution in [1.29, 1.82) is 0 Å². The van der Waals surface area contributed by atoms with Gasteiger partial charge in [-0.1, -0.05) is 43.7 Å². The Kier molecular flexibility index (Phi) is 4.66. The van der Waals surface area contributed by atoms with Gasteiger partial charge in [-0.3, -0.25) is 0 Å². The van der Waals surface area contributed by atoms with Crippen LogP contribution >= 0.6 is 0 Å². The zero-order valence-electron chi connectivity index (χ0n) is 13.0. The highest BCUT2D eigenvalue weighted by molar-refractivity contribution is 5.87. The Morgan fingerprint density at radius 1 is 1.10 bits per heavy atom. The maximum Gasteiger partial charge on any atom is 0.123 e. The van der Waals surface area contributed by atoms with Crippen molar-refractivity contribution in [3.05, 3.63) is 42.0 Å². The molecule has 2 rings (SSSR count). The van der Waals surface area contributed by atoms with E-state index in [9.17, 15) is 0 Å². The molecule has 2 aromatic rings. The van der Waals surface area contributed by atoms with Crippen LogP contribution in [0.1, 0.15) is 39.2 Å². The van der Waals surface area contributed by atoms with E-state index in [0.717, 1.165) is 12.3 Å². The zero-order valence-corrected chi connectivity index (χ0v) is 13.0. The quantitative estimate of drug-likeness (QED) is 0.834. The molecule has 0 saturated heterocycles. The second-order valence-electron chi connectivity index (χ2n) is 5.95. The van der Waals surface area contributed by atoms with Crippen molar-refractivity contribution in [2.75, 3.05) is 7.11 Å². The Bertz CT molecular complexity index is 575. The third-order valence-electron chi connectivity index (χ3n) is 3.84. The summed E-state index contributed by atoms with van der Waals surface area (Å²) in [5.41, 5.74) is 1.39. The van der Waals surface area contributed by atoms with E-state index >= 15 is 0 Å². The second-order valence-corrected chi connectivity index (χ2v) is 5.95. The molecule has 0 aliphatic heterocycles. The van der Waals surface area contributed by atoms with Gasteiger partial charge >= 0.3 is 0 Å². The molecule has 0 amide bonds. The molecule has 20 heavy (non-hydrogen) atoms. The number of hydrogen-bond donors (Lipinski definition) is 1. The van der Waals surface area contributed by atoms with Crippen molar-refractivity contribution >= 4 is 10.8 Å². The van der Waals surface area contributed by atoms with Crippen molar-refractivity contribution in [3.63, 3.8) is 0 Å². The van der Waals surface area contributed by atoms with Gasteiger partial charge in [0.2, 0.25) is 0 Å². The Morgan fingerprint density at radius 3 is 2.55 bits per heavy atom. The molecule has 1 N–H and O–H groups in total. The molecule has 0 aromatic heterocycles. The predicted octanol–water partition coefficient (Wildman–Crippen LogP) is 4.52. The summed E-state index contributed by atoms with van der Waals surface area (Å²) in [4.78, 5) is 0. The van der Waals surface area contributed by atoms with Crippen LogP contribution in [0.5, 0.6) is 5.75 Å². The molecule has 2 heteroatoms. The van der Waals surface area contributed by atoms with E-state index in [2.05, 4.69) is 62.5 Å². The van der Waals surface area contributed by atoms with Gasteiger partial charge in [-0.05, 0) is 37.1 Å². The average Bonchev–Trinajstić information content (AvgIpc) is 2.44. The van der Waals surface area contributed by atoms with Crippen LogP contribution in [0, 0.1) is 0 Å². The van der Waals surface area contributed by atoms with E-state index in [4.69, 9.17) is 4.74 Å². The number of methoxy groups -OCH3 is 1. The lowest BCUT2D eigenvalue weighted by molar-refractivity contribution is 0.351. The van der Waals surface area contributed by atoms with Crippen LogP contribution in [-0.2, 0) is 6.54 Å². The topological polar surface area (TPSA) is 21.3 Å². The van der Waals surface area contributed by atoms with Crippen LogP contribution in [0.25, 0.3) is 10.8 Å². The Labute approximate surface area is 122 Å². The normalized spacial score (nSPS) is 11.8. The smallest absolute Gasteiger partial charge is 0.123 e. The molecule has 0 aliphatic carbocycles. The van der Waals surface area contributed by atoms with Crippen LogP contribution in [0.4, 0.5) is 0 Å². The average molecular weight is 271 g/mol. The molecular weight excluding hydrogens is 246 g/mol. The van der Waals surface area contributed by atoms with Crippen molar-refractivity contribution in [1.82, 2.24) is 5.32 Å². The molecule has 0 atom stereocenters. The first kappa shape index (κ1) is 14.9. The number of rotatable bonds is 6. The summed E-state index contributed by atoms with van der Waals surface area (Å²) in [5.74, 6) is 0.962. The zero-order chi connectivity index (χ0) is 14.6. The van der Waals surface area contributed by atoms with Gasteiger partial charge in [0.15, 0.2) is 0 Å². The summed E-state index contributed by atoms with van der Waals surface area (Å²) in [7, 11) is 1.74. The molecule has 0 saturated carbocycles. The lowest BCUT2D eigenvalue weighted by Crippen LogP contribution is -2.38. The van der Waals surface area contributed by atoms with Crippen LogP contribution in [0.2, 0.25) is 0 Å². The van der Waals surface area contributed by atoms with E-state index < -0.39 is 0 Å². The van der Waals surface area contributed by atoms with Gasteiger partial charge in [0, 0.05) is 17.6 Å². The van der Waals surface area contributed by atoms with E-state index in [1.54, 1.807) is 7.11 Å². The van der Waals surface area contributed by atoms with E-state index in [-0.39, 0.29) is 5.54 Å². The third-order valence-corrected chi connectivity index (χ3v) is 3.84. The second kappa shape index (κ2) is 6.27. The summed E-state index contributed by atoms with van der Waals surface area (Å²) in [5, 5.41) is 6.20. The molecule has 0 fully saturated rings. The number of benzene rings is 2. The molecule has 0 spiro atoms. The first-order chi connectivity index (χ1) is 9.57. The summed E-state index contributed by atoms with van der Waals surface area (Å²) in [6, 6.07) is 12.7. The fraction of sp³-hybridized carbons (Fsp3) is 0.444. The number of nitrogens with one attached hydrogen (secondary N) is 1. The fourth-order valence-corrected chi connectivity index (χ4v) is 2.73. The largest absolute Gasteiger partial charge is 0.496 e. The monoisotopic (exact) mass is 271 g/mol. The lowest BCUT2D eigenvalue weighted by atomic mass is 9.97. The van der Waals surface area contributed by atoms with Gasteiger partial charge in [0.05, 0.1) is 7.11 Å². The van der Waals surface area contributed by atoms with E-state index in [0.29, 0.717) is 0 Å². The summed E-state index contributed by atoms with van der Waals surface area (Å²) < 4.78 is 5.54. The Balaban J connectivity index is 2.32. The highest BCUT2D eigenvalue weighted by atomic mass is 16.5. The van der Waals surface area contributed by atoms with E-state index in [1.807, 2.05) is 0 Å². The van der Waals surface area contributed by atoms with Crippen molar-refractivity contribution in [2.45, 2.75) is 45.7 Å². The maximum atomic E-state index is 5.54. The summed E-state index contributed by atoms with van der Waals surface area (Å²) >= 11 is 0. The minimum absolute atomic E-state index is 0.150. The van der Waals surface area contributed by atoms with Gasteiger partial charge < -0.3 is 10.1 Å². The number of hydrogen-bond acceptors (Lipinski definition) is 2. The van der Waals surface area contributed by atoms with Gasteiger partial charge in [0.25, 0.3) is 0 Å². The Morgan fingerprint density at radius 2 is 1.85 bits per heavy atom. The lowest BCUT2D eigenvalue weighted by Gasteiger charge is -2.26. The first-order valence-corrected chi connectivity index (χ1v) is 7.37. The van der Waals surface area contributed by atoms with Crippen molar-refractivity contribution < 1.29 is 4.74 Å². The molecule has 0 heterocycles. The number of ether oxygens (including phenoxy) is 1. The van der Waals surface area contributed by atoms with Crippen LogP contribution in [-0.4, -0.2) is 12.6 Å². The standard InChI is InChI=1S/C18H25NO/c1-5-12-18(2,3)19-13-16-15-9-7-6-8-14(15)10-11-17(16)20-4/h6-11,19H,5,12-13H2,1-4H3. The minimum atomic E-state index is 0.150. The van der Waals surface area contributed by atoms with Crippen molar-refractivity contribution in [3.8, 4) is 5.75 Å². The van der Waals surface area contributed by atoms with Gasteiger partial charge in [-0.25, -0.2) is 0 Å². The first-order valence-electron chi connectivity index (χ1n) is 7.37. The third kappa shape index (κ3) is 3.31. The fourth-order valence-electron chi connectivity index (χ4n) is 2.73. The van der Waals surface area contributed by atoms with Gasteiger partial charge in [0.1, 0.15) is 5.75 Å². The maximum absolute atomic E-state index is 5.54. The molecular formula is C18H25NO. The minimum Gasteiger partial charge on any atom is -0.496 e. The van der Waals surface area contributed by atoms with Gasteiger partial charge in [-0.2, -0.15) is 0 Å². The Hall–Kier alpha value is -1.54. The SMILES string of the molecule is CCCC(C)(C)NCc1c(OC)ccc2ccccc12. The van der Waals surface area contributed by atoms with Gasteiger partial charge in [-0.15, -0.1) is 0 Å². The molecule has 108 valence electrons. The highest BCUT2D eigenvalue weighted by Crippen LogP contribution is 2.28. The predicted molar refractivity (Wildman–Crippen MR) is 86.3 cm³/mol. The summed E-state index contributed by atoms with van der Waals surface area (Å²) in [6.07, 6.45) is 2.35. The van der Waals surface area contributed by atoms with Crippen molar-refractivity contribution in [2.24, 2.45) is 0 Å². The molecule has 0 aliphatic rings. The summed E-state index contributed by atoms with van der Waals surface area (Å²) in [6.45, 7) is 7.57. The number of fused-ring (bicyclic) bond motifs is 1.